The molecule has 1 saturated heterocycles. The van der Waals surface area contributed by atoms with Crippen LogP contribution in [-0.2, 0) is 6.54 Å². The molecule has 1 fully saturated rings. The maximum Gasteiger partial charge on any atom is 0.0471 e. The van der Waals surface area contributed by atoms with Gasteiger partial charge < -0.3 is 5.11 Å². The van der Waals surface area contributed by atoms with Gasteiger partial charge in [-0.15, -0.1) is 0 Å². The third-order valence-corrected chi connectivity index (χ3v) is 3.23. The molecule has 1 N–H and O–H groups in total. The normalized spacial score (nSPS) is 22.1. The minimum atomic E-state index is 0.313. The van der Waals surface area contributed by atoms with Crippen LogP contribution in [0.4, 0.5) is 0 Å². The molecule has 0 aliphatic carbocycles. The average Bonchev–Trinajstić information content (AvgIpc) is 2.65. The Bertz CT molecular complexity index is 332. The number of likely N-dealkylation sites (tertiary alicyclic amines) is 1. The number of aromatic nitrogens is 1. The van der Waals surface area contributed by atoms with Crippen molar-refractivity contribution >= 4 is 15.9 Å². The standard InChI is InChI=1S/C11H15BrN2O/c12-11-3-10(4-13-5-11)7-14-2-1-9(6-14)8-15/h3-5,9,15H,1-2,6-8H2. The molecular weight excluding hydrogens is 256 g/mol. The van der Waals surface area contributed by atoms with E-state index in [0.29, 0.717) is 12.5 Å². The molecule has 0 saturated carbocycles. The highest BCUT2D eigenvalue weighted by Crippen LogP contribution is 2.18. The van der Waals surface area contributed by atoms with Crippen LogP contribution in [0.25, 0.3) is 0 Å². The van der Waals surface area contributed by atoms with Crippen molar-refractivity contribution in [3.63, 3.8) is 0 Å². The Kier molecular flexibility index (Phi) is 3.72. The molecule has 1 aliphatic heterocycles. The zero-order chi connectivity index (χ0) is 10.7. The lowest BCUT2D eigenvalue weighted by atomic mass is 10.1. The summed E-state index contributed by atoms with van der Waals surface area (Å²) in [6.45, 7) is 3.33. The Balaban J connectivity index is 1.92. The van der Waals surface area contributed by atoms with Crippen molar-refractivity contribution in [1.29, 1.82) is 0 Å². The number of rotatable bonds is 3. The van der Waals surface area contributed by atoms with Gasteiger partial charge in [0.2, 0.25) is 0 Å². The lowest BCUT2D eigenvalue weighted by molar-refractivity contribution is 0.220. The Morgan fingerprint density at radius 2 is 2.40 bits per heavy atom. The summed E-state index contributed by atoms with van der Waals surface area (Å²) in [5.41, 5.74) is 1.22. The molecule has 0 radical (unpaired) electrons. The van der Waals surface area contributed by atoms with Crippen molar-refractivity contribution in [3.8, 4) is 0 Å². The fourth-order valence-electron chi connectivity index (χ4n) is 2.01. The first kappa shape index (κ1) is 11.0. The summed E-state index contributed by atoms with van der Waals surface area (Å²) in [5, 5.41) is 9.05. The maximum atomic E-state index is 9.05. The largest absolute Gasteiger partial charge is 0.396 e. The number of halogens is 1. The summed E-state index contributed by atoms with van der Waals surface area (Å²) in [4.78, 5) is 6.51. The molecule has 1 unspecified atom stereocenters. The van der Waals surface area contributed by atoms with E-state index in [0.717, 1.165) is 30.5 Å². The highest BCUT2D eigenvalue weighted by Gasteiger charge is 2.21. The van der Waals surface area contributed by atoms with Crippen LogP contribution < -0.4 is 0 Å². The van der Waals surface area contributed by atoms with Gasteiger partial charge in [-0.3, -0.25) is 9.88 Å². The van der Waals surface area contributed by atoms with Crippen LogP contribution >= 0.6 is 15.9 Å². The van der Waals surface area contributed by atoms with Crippen molar-refractivity contribution in [1.82, 2.24) is 9.88 Å². The molecule has 1 aromatic rings. The molecule has 0 spiro atoms. The molecule has 3 nitrogen and oxygen atoms in total. The zero-order valence-electron chi connectivity index (χ0n) is 8.56. The second kappa shape index (κ2) is 5.05. The first-order chi connectivity index (χ1) is 7.28. The van der Waals surface area contributed by atoms with E-state index in [2.05, 4.69) is 31.9 Å². The Labute approximate surface area is 98.3 Å². The molecule has 1 aliphatic rings. The molecule has 2 rings (SSSR count). The molecule has 2 heterocycles. The van der Waals surface area contributed by atoms with Crippen LogP contribution in [-0.4, -0.2) is 34.7 Å². The van der Waals surface area contributed by atoms with E-state index in [1.165, 1.54) is 5.56 Å². The van der Waals surface area contributed by atoms with E-state index in [9.17, 15) is 0 Å². The lowest BCUT2D eigenvalue weighted by Gasteiger charge is -2.15. The van der Waals surface area contributed by atoms with Gasteiger partial charge in [0.05, 0.1) is 0 Å². The van der Waals surface area contributed by atoms with Crippen molar-refractivity contribution < 1.29 is 5.11 Å². The van der Waals surface area contributed by atoms with Gasteiger partial charge >= 0.3 is 0 Å². The van der Waals surface area contributed by atoms with Crippen LogP contribution in [0.15, 0.2) is 22.9 Å². The van der Waals surface area contributed by atoms with E-state index in [1.807, 2.05) is 6.20 Å². The lowest BCUT2D eigenvalue weighted by Crippen LogP contribution is -2.21. The molecular formula is C11H15BrN2O. The summed E-state index contributed by atoms with van der Waals surface area (Å²) in [6.07, 6.45) is 4.80. The Hall–Kier alpha value is -0.450. The van der Waals surface area contributed by atoms with Crippen LogP contribution in [0.5, 0.6) is 0 Å². The van der Waals surface area contributed by atoms with Crippen LogP contribution in [0.3, 0.4) is 0 Å². The van der Waals surface area contributed by atoms with E-state index < -0.39 is 0 Å². The van der Waals surface area contributed by atoms with E-state index >= 15 is 0 Å². The fraction of sp³-hybridized carbons (Fsp3) is 0.545. The molecule has 1 atom stereocenters. The number of hydrogen-bond donors (Lipinski definition) is 1. The number of aliphatic hydroxyl groups is 1. The first-order valence-corrected chi connectivity index (χ1v) is 6.00. The smallest absolute Gasteiger partial charge is 0.0471 e. The molecule has 1 aromatic heterocycles. The molecule has 4 heteroatoms. The van der Waals surface area contributed by atoms with Gasteiger partial charge in [0.15, 0.2) is 0 Å². The zero-order valence-corrected chi connectivity index (χ0v) is 10.2. The van der Waals surface area contributed by atoms with Crippen molar-refractivity contribution in [2.45, 2.75) is 13.0 Å². The van der Waals surface area contributed by atoms with Crippen LogP contribution in [0.2, 0.25) is 0 Å². The maximum absolute atomic E-state index is 9.05. The third-order valence-electron chi connectivity index (χ3n) is 2.80. The first-order valence-electron chi connectivity index (χ1n) is 5.20. The van der Waals surface area contributed by atoms with Gasteiger partial charge in [0.1, 0.15) is 0 Å². The van der Waals surface area contributed by atoms with Crippen LogP contribution in [0.1, 0.15) is 12.0 Å². The fourth-order valence-corrected chi connectivity index (χ4v) is 2.42. The number of nitrogens with zero attached hydrogens (tertiary/aromatic N) is 2. The number of hydrogen-bond acceptors (Lipinski definition) is 3. The van der Waals surface area contributed by atoms with Crippen molar-refractivity contribution in [2.75, 3.05) is 19.7 Å². The molecule has 0 aromatic carbocycles. The second-order valence-corrected chi connectivity index (χ2v) is 5.00. The molecule has 0 bridgehead atoms. The van der Waals surface area contributed by atoms with E-state index in [-0.39, 0.29) is 0 Å². The van der Waals surface area contributed by atoms with Crippen LogP contribution in [0, 0.1) is 5.92 Å². The van der Waals surface area contributed by atoms with Gasteiger partial charge in [-0.05, 0) is 46.4 Å². The van der Waals surface area contributed by atoms with Gasteiger partial charge in [0.25, 0.3) is 0 Å². The van der Waals surface area contributed by atoms with Gasteiger partial charge in [0, 0.05) is 36.6 Å². The molecule has 15 heavy (non-hydrogen) atoms. The number of pyridine rings is 1. The minimum absolute atomic E-state index is 0.313. The summed E-state index contributed by atoms with van der Waals surface area (Å²) in [6, 6.07) is 2.10. The average molecular weight is 271 g/mol. The molecule has 0 amide bonds. The van der Waals surface area contributed by atoms with E-state index in [4.69, 9.17) is 5.11 Å². The molecule has 82 valence electrons. The quantitative estimate of drug-likeness (QED) is 0.908. The second-order valence-electron chi connectivity index (χ2n) is 4.08. The SMILES string of the molecule is OCC1CCN(Cc2cncc(Br)c2)C1. The van der Waals surface area contributed by atoms with Gasteiger partial charge in [-0.25, -0.2) is 0 Å². The van der Waals surface area contributed by atoms with Gasteiger partial charge in [-0.1, -0.05) is 0 Å². The summed E-state index contributed by atoms with van der Waals surface area (Å²) >= 11 is 3.42. The predicted molar refractivity (Wildman–Crippen MR) is 62.4 cm³/mol. The minimum Gasteiger partial charge on any atom is -0.396 e. The van der Waals surface area contributed by atoms with Gasteiger partial charge in [-0.2, -0.15) is 0 Å². The Morgan fingerprint density at radius 3 is 3.07 bits per heavy atom. The van der Waals surface area contributed by atoms with Crippen molar-refractivity contribution in [3.05, 3.63) is 28.5 Å². The predicted octanol–water partition coefficient (Wildman–Crippen LogP) is 1.66. The Morgan fingerprint density at radius 1 is 1.53 bits per heavy atom. The number of aliphatic hydroxyl groups excluding tert-OH is 1. The summed E-state index contributed by atoms with van der Waals surface area (Å²) < 4.78 is 1.03. The highest BCUT2D eigenvalue weighted by atomic mass is 79.9. The van der Waals surface area contributed by atoms with E-state index in [1.54, 1.807) is 6.20 Å². The monoisotopic (exact) mass is 270 g/mol. The summed E-state index contributed by atoms with van der Waals surface area (Å²) in [7, 11) is 0. The summed E-state index contributed by atoms with van der Waals surface area (Å²) in [5.74, 6) is 0.463. The van der Waals surface area contributed by atoms with Crippen molar-refractivity contribution in [2.24, 2.45) is 5.92 Å². The topological polar surface area (TPSA) is 36.4 Å². The highest BCUT2D eigenvalue weighted by molar-refractivity contribution is 9.10. The third kappa shape index (κ3) is 3.00.